The normalized spacial score (nSPS) is 18.1. The third-order valence-electron chi connectivity index (χ3n) is 3.00. The van der Waals surface area contributed by atoms with E-state index >= 15 is 0 Å². The molecular weight excluding hydrogens is 270 g/mol. The molecule has 0 spiro atoms. The number of rotatable bonds is 1. The molecule has 0 aromatic carbocycles. The van der Waals surface area contributed by atoms with E-state index < -0.39 is 0 Å². The summed E-state index contributed by atoms with van der Waals surface area (Å²) in [5, 5.41) is 5.63. The Kier molecular flexibility index (Phi) is 2.65. The molecule has 0 radical (unpaired) electrons. The molecule has 0 amide bonds. The number of hydrogen-bond donors (Lipinski definition) is 0. The summed E-state index contributed by atoms with van der Waals surface area (Å²) < 4.78 is 8.35. The molecule has 16 heavy (non-hydrogen) atoms. The molecule has 0 aliphatic carbocycles. The molecule has 4 nitrogen and oxygen atoms in total. The van der Waals surface area contributed by atoms with E-state index in [0.717, 1.165) is 41.6 Å². The van der Waals surface area contributed by atoms with Crippen molar-refractivity contribution in [2.24, 2.45) is 0 Å². The fourth-order valence-electron chi connectivity index (χ4n) is 2.16. The zero-order valence-electron chi connectivity index (χ0n) is 8.77. The Labute approximate surface area is 102 Å². The van der Waals surface area contributed by atoms with Gasteiger partial charge in [0.05, 0.1) is 16.9 Å². The van der Waals surface area contributed by atoms with Gasteiger partial charge in [0.1, 0.15) is 4.60 Å². The highest BCUT2D eigenvalue weighted by Gasteiger charge is 2.19. The van der Waals surface area contributed by atoms with E-state index in [1.54, 1.807) is 0 Å². The Hall–Kier alpha value is -0.940. The van der Waals surface area contributed by atoms with E-state index in [1.807, 2.05) is 18.5 Å². The van der Waals surface area contributed by atoms with Gasteiger partial charge >= 0.3 is 0 Å². The van der Waals surface area contributed by atoms with E-state index in [4.69, 9.17) is 4.74 Å². The fraction of sp³-hybridized carbons (Fsp3) is 0.455. The molecule has 2 aromatic rings. The molecule has 1 aliphatic heterocycles. The number of aromatic nitrogens is 3. The van der Waals surface area contributed by atoms with Gasteiger partial charge in [-0.3, -0.25) is 9.67 Å². The van der Waals surface area contributed by atoms with E-state index in [0.29, 0.717) is 6.04 Å². The highest BCUT2D eigenvalue weighted by Crippen LogP contribution is 2.28. The SMILES string of the molecule is Brc1nn(C2CCOCC2)c2ccncc12. The van der Waals surface area contributed by atoms with Gasteiger partial charge < -0.3 is 4.74 Å². The second-order valence-corrected chi connectivity index (χ2v) is 4.72. The topological polar surface area (TPSA) is 39.9 Å². The molecule has 0 saturated carbocycles. The quantitative estimate of drug-likeness (QED) is 0.807. The average Bonchev–Trinajstić information content (AvgIpc) is 2.69. The first-order valence-corrected chi connectivity index (χ1v) is 6.21. The molecule has 1 saturated heterocycles. The number of hydrogen-bond acceptors (Lipinski definition) is 3. The maximum atomic E-state index is 5.37. The molecule has 1 fully saturated rings. The molecule has 5 heteroatoms. The van der Waals surface area contributed by atoms with E-state index in [2.05, 4.69) is 30.7 Å². The largest absolute Gasteiger partial charge is 0.381 e. The third kappa shape index (κ3) is 1.64. The van der Waals surface area contributed by atoms with Crippen molar-refractivity contribution < 1.29 is 4.74 Å². The van der Waals surface area contributed by atoms with Crippen molar-refractivity contribution in [3.8, 4) is 0 Å². The molecule has 3 rings (SSSR count). The maximum absolute atomic E-state index is 5.37. The van der Waals surface area contributed by atoms with Crippen molar-refractivity contribution in [1.29, 1.82) is 0 Å². The second kappa shape index (κ2) is 4.14. The van der Waals surface area contributed by atoms with Gasteiger partial charge in [-0.1, -0.05) is 0 Å². The van der Waals surface area contributed by atoms with Crippen LogP contribution >= 0.6 is 15.9 Å². The van der Waals surface area contributed by atoms with Gasteiger partial charge in [-0.2, -0.15) is 5.10 Å². The van der Waals surface area contributed by atoms with E-state index in [-0.39, 0.29) is 0 Å². The molecule has 2 aromatic heterocycles. The van der Waals surface area contributed by atoms with E-state index in [9.17, 15) is 0 Å². The smallest absolute Gasteiger partial charge is 0.137 e. The summed E-state index contributed by atoms with van der Waals surface area (Å²) in [4.78, 5) is 4.12. The van der Waals surface area contributed by atoms with Crippen molar-refractivity contribution in [1.82, 2.24) is 14.8 Å². The van der Waals surface area contributed by atoms with Crippen LogP contribution in [0.2, 0.25) is 0 Å². The summed E-state index contributed by atoms with van der Waals surface area (Å²) in [6, 6.07) is 2.47. The Balaban J connectivity index is 2.08. The zero-order valence-corrected chi connectivity index (χ0v) is 10.4. The first-order chi connectivity index (χ1) is 7.86. The van der Waals surface area contributed by atoms with Crippen molar-refractivity contribution >= 4 is 26.8 Å². The Morgan fingerprint density at radius 3 is 3.00 bits per heavy atom. The Bertz CT molecular complexity index is 505. The molecular formula is C11H12BrN3O. The standard InChI is InChI=1S/C11H12BrN3O/c12-11-9-7-13-4-1-10(9)15(14-11)8-2-5-16-6-3-8/h1,4,7-8H,2-3,5-6H2. The average molecular weight is 282 g/mol. The highest BCUT2D eigenvalue weighted by atomic mass is 79.9. The van der Waals surface area contributed by atoms with Gasteiger partial charge in [0.2, 0.25) is 0 Å². The molecule has 84 valence electrons. The van der Waals surface area contributed by atoms with Gasteiger partial charge in [0, 0.05) is 25.6 Å². The summed E-state index contributed by atoms with van der Waals surface area (Å²) in [5.74, 6) is 0. The van der Waals surface area contributed by atoms with Crippen LogP contribution in [0.25, 0.3) is 10.9 Å². The number of ether oxygens (including phenoxy) is 1. The van der Waals surface area contributed by atoms with E-state index in [1.165, 1.54) is 0 Å². The van der Waals surface area contributed by atoms with Gasteiger partial charge in [-0.15, -0.1) is 0 Å². The van der Waals surface area contributed by atoms with Crippen LogP contribution in [0.15, 0.2) is 23.1 Å². The summed E-state index contributed by atoms with van der Waals surface area (Å²) in [7, 11) is 0. The zero-order chi connectivity index (χ0) is 11.0. The predicted octanol–water partition coefficient (Wildman–Crippen LogP) is 2.55. The van der Waals surface area contributed by atoms with Crippen molar-refractivity contribution in [3.05, 3.63) is 23.1 Å². The van der Waals surface area contributed by atoms with Crippen LogP contribution in [0.4, 0.5) is 0 Å². The highest BCUT2D eigenvalue weighted by molar-refractivity contribution is 9.10. The molecule has 3 heterocycles. The molecule has 0 atom stereocenters. The van der Waals surface area contributed by atoms with Crippen LogP contribution < -0.4 is 0 Å². The van der Waals surface area contributed by atoms with Crippen molar-refractivity contribution in [2.75, 3.05) is 13.2 Å². The monoisotopic (exact) mass is 281 g/mol. The summed E-state index contributed by atoms with van der Waals surface area (Å²) in [5.41, 5.74) is 1.15. The van der Waals surface area contributed by atoms with Crippen LogP contribution in [0.3, 0.4) is 0 Å². The predicted molar refractivity (Wildman–Crippen MR) is 64.3 cm³/mol. The van der Waals surface area contributed by atoms with Gasteiger partial charge in [0.15, 0.2) is 0 Å². The Morgan fingerprint density at radius 2 is 2.19 bits per heavy atom. The van der Waals surface area contributed by atoms with Crippen LogP contribution in [0.5, 0.6) is 0 Å². The lowest BCUT2D eigenvalue weighted by Gasteiger charge is -2.22. The number of halogens is 1. The summed E-state index contributed by atoms with van der Waals surface area (Å²) in [6.45, 7) is 1.66. The number of pyridine rings is 1. The van der Waals surface area contributed by atoms with Gasteiger partial charge in [-0.05, 0) is 34.8 Å². The lowest BCUT2D eigenvalue weighted by Crippen LogP contribution is -2.20. The summed E-state index contributed by atoms with van der Waals surface area (Å²) in [6.07, 6.45) is 5.73. The van der Waals surface area contributed by atoms with Crippen LogP contribution in [-0.4, -0.2) is 28.0 Å². The van der Waals surface area contributed by atoms with Crippen LogP contribution in [-0.2, 0) is 4.74 Å². The number of fused-ring (bicyclic) bond motifs is 1. The van der Waals surface area contributed by atoms with Gasteiger partial charge in [-0.25, -0.2) is 0 Å². The Morgan fingerprint density at radius 1 is 1.38 bits per heavy atom. The lowest BCUT2D eigenvalue weighted by molar-refractivity contribution is 0.0674. The second-order valence-electron chi connectivity index (χ2n) is 3.97. The fourth-order valence-corrected chi connectivity index (χ4v) is 2.63. The first-order valence-electron chi connectivity index (χ1n) is 5.42. The summed E-state index contributed by atoms with van der Waals surface area (Å²) >= 11 is 3.48. The van der Waals surface area contributed by atoms with Crippen LogP contribution in [0.1, 0.15) is 18.9 Å². The number of nitrogens with zero attached hydrogens (tertiary/aromatic N) is 3. The lowest BCUT2D eigenvalue weighted by atomic mass is 10.1. The minimum Gasteiger partial charge on any atom is -0.381 e. The van der Waals surface area contributed by atoms with Crippen molar-refractivity contribution in [2.45, 2.75) is 18.9 Å². The maximum Gasteiger partial charge on any atom is 0.137 e. The first kappa shape index (κ1) is 10.2. The van der Waals surface area contributed by atoms with Gasteiger partial charge in [0.25, 0.3) is 0 Å². The minimum absolute atomic E-state index is 0.449. The molecule has 1 aliphatic rings. The third-order valence-corrected chi connectivity index (χ3v) is 3.59. The molecule has 0 bridgehead atoms. The van der Waals surface area contributed by atoms with Crippen LogP contribution in [0, 0.1) is 0 Å². The minimum atomic E-state index is 0.449. The van der Waals surface area contributed by atoms with Crippen molar-refractivity contribution in [3.63, 3.8) is 0 Å². The molecule has 0 N–H and O–H groups in total. The molecule has 0 unspecified atom stereocenters.